The fourth-order valence-electron chi connectivity index (χ4n) is 4.76. The van der Waals surface area contributed by atoms with E-state index in [0.717, 1.165) is 70.6 Å². The maximum absolute atomic E-state index is 12.4. The zero-order chi connectivity index (χ0) is 40.5. The molecule has 0 fully saturated rings. The second-order valence-electron chi connectivity index (χ2n) is 12.9. The van der Waals surface area contributed by atoms with Gasteiger partial charge < -0.3 is 19.3 Å². The number of carbonyl (C=O) groups is 3. The normalized spacial score (nSPS) is 13.5. The minimum Gasteiger partial charge on any atom is -0.462 e. The van der Waals surface area contributed by atoms with Gasteiger partial charge in [-0.3, -0.25) is 18.9 Å². The molecule has 0 aliphatic heterocycles. The molecule has 1 atom stereocenters. The lowest BCUT2D eigenvalue weighted by Crippen LogP contribution is -2.29. The van der Waals surface area contributed by atoms with Crippen molar-refractivity contribution in [2.75, 3.05) is 13.2 Å². The zero-order valence-corrected chi connectivity index (χ0v) is 34.4. The Labute approximate surface area is 332 Å². The number of esters is 2. The van der Waals surface area contributed by atoms with Gasteiger partial charge in [0.2, 0.25) is 0 Å². The van der Waals surface area contributed by atoms with Crippen LogP contribution in [0.1, 0.15) is 136 Å². The number of carbonyl (C=O) groups excluding carboxylic acids is 3. The number of phosphoric acid groups is 1. The van der Waals surface area contributed by atoms with Gasteiger partial charge >= 0.3 is 19.8 Å². The molecule has 0 aliphatic carbocycles. The predicted octanol–water partition coefficient (Wildman–Crippen LogP) is 11.6. The molecule has 0 heterocycles. The summed E-state index contributed by atoms with van der Waals surface area (Å²) in [7, 11) is -4.83. The van der Waals surface area contributed by atoms with Gasteiger partial charge in [0.15, 0.2) is 11.9 Å². The van der Waals surface area contributed by atoms with E-state index in [1.165, 1.54) is 25.3 Å². The third-order valence-electron chi connectivity index (χ3n) is 7.75. The number of hydrogen-bond donors (Lipinski definition) is 2. The lowest BCUT2D eigenvalue weighted by molar-refractivity contribution is -0.161. The van der Waals surface area contributed by atoms with Crippen molar-refractivity contribution in [2.45, 2.75) is 142 Å². The van der Waals surface area contributed by atoms with Crippen LogP contribution < -0.4 is 0 Å². The lowest BCUT2D eigenvalue weighted by atomic mass is 10.1. The smallest absolute Gasteiger partial charge is 0.462 e. The van der Waals surface area contributed by atoms with Crippen molar-refractivity contribution in [3.05, 3.63) is 109 Å². The molecular weight excluding hydrogens is 715 g/mol. The summed E-state index contributed by atoms with van der Waals surface area (Å²) in [5, 5.41) is 0. The average Bonchev–Trinajstić information content (AvgIpc) is 3.15. The van der Waals surface area contributed by atoms with Crippen LogP contribution in [0.15, 0.2) is 109 Å². The van der Waals surface area contributed by atoms with Gasteiger partial charge in [0, 0.05) is 19.3 Å². The molecule has 10 heteroatoms. The first-order valence-corrected chi connectivity index (χ1v) is 21.7. The molecule has 55 heavy (non-hydrogen) atoms. The van der Waals surface area contributed by atoms with E-state index in [-0.39, 0.29) is 31.5 Å². The van der Waals surface area contributed by atoms with Gasteiger partial charge in [0.1, 0.15) is 6.61 Å². The molecule has 0 aliphatic rings. The van der Waals surface area contributed by atoms with Gasteiger partial charge in [-0.1, -0.05) is 136 Å². The Morgan fingerprint density at radius 1 is 0.545 bits per heavy atom. The second kappa shape index (κ2) is 38.6. The highest BCUT2D eigenvalue weighted by atomic mass is 31.2. The van der Waals surface area contributed by atoms with Crippen LogP contribution in [-0.2, 0) is 32.9 Å². The largest absolute Gasteiger partial charge is 0.469 e. The van der Waals surface area contributed by atoms with E-state index in [1.807, 2.05) is 12.2 Å². The van der Waals surface area contributed by atoms with E-state index in [1.54, 1.807) is 6.08 Å². The number of hydrogen-bond acceptors (Lipinski definition) is 7. The highest BCUT2D eigenvalue weighted by Crippen LogP contribution is 2.36. The van der Waals surface area contributed by atoms with E-state index >= 15 is 0 Å². The first-order valence-electron chi connectivity index (χ1n) is 20.1. The van der Waals surface area contributed by atoms with E-state index in [2.05, 4.69) is 103 Å². The van der Waals surface area contributed by atoms with E-state index < -0.39 is 39.1 Å². The van der Waals surface area contributed by atoms with Crippen LogP contribution in [0, 0.1) is 0 Å². The van der Waals surface area contributed by atoms with Gasteiger partial charge in [-0.2, -0.15) is 0 Å². The maximum Gasteiger partial charge on any atom is 0.469 e. The molecule has 0 rings (SSSR count). The standard InChI is InChI=1S/C45H69O9P/c1-3-5-7-9-11-13-15-17-18-19-20-21-22-24-26-28-30-32-34-38-45(48)54-43(41-53-55(49,50)51)40-52-44(47)39-35-37-42(46)36-33-31-29-27-25-23-16-14-12-10-8-6-4-2/h5,7,11-14,17-18,20-21,23-26,29,31,33,36,43H,3-4,6,8-10,15-16,19,22,27-28,30,32,34-35,37-41H2,1-2H3,(H2,49,50,51)/b7-5-,13-11-,14-12-,18-17-,21-20-,25-23-,26-24-,31-29-,36-33+/t43-/m1/s1. The van der Waals surface area contributed by atoms with Crippen LogP contribution >= 0.6 is 7.82 Å². The first-order chi connectivity index (χ1) is 26.7. The molecule has 0 spiro atoms. The van der Waals surface area contributed by atoms with Crippen molar-refractivity contribution in [1.82, 2.24) is 0 Å². The third-order valence-corrected chi connectivity index (χ3v) is 8.24. The van der Waals surface area contributed by atoms with E-state index in [4.69, 9.17) is 19.3 Å². The summed E-state index contributed by atoms with van der Waals surface area (Å²) < 4.78 is 26.1. The molecule has 0 aromatic heterocycles. The molecule has 0 radical (unpaired) electrons. The molecule has 0 saturated heterocycles. The lowest BCUT2D eigenvalue weighted by Gasteiger charge is -2.18. The number of phosphoric ester groups is 1. The average molecular weight is 785 g/mol. The minimum absolute atomic E-state index is 0.0365. The van der Waals surface area contributed by atoms with Crippen molar-refractivity contribution < 1.29 is 42.7 Å². The Kier molecular flexibility index (Phi) is 36.1. The maximum atomic E-state index is 12.4. The fraction of sp³-hybridized carbons (Fsp3) is 0.533. The Balaban J connectivity index is 4.23. The molecule has 9 nitrogen and oxygen atoms in total. The van der Waals surface area contributed by atoms with Crippen LogP contribution in [0.4, 0.5) is 0 Å². The summed E-state index contributed by atoms with van der Waals surface area (Å²) >= 11 is 0. The van der Waals surface area contributed by atoms with Crippen LogP contribution in [0.5, 0.6) is 0 Å². The molecule has 0 amide bonds. The van der Waals surface area contributed by atoms with E-state index in [9.17, 15) is 18.9 Å². The Morgan fingerprint density at radius 2 is 1.05 bits per heavy atom. The van der Waals surface area contributed by atoms with Gasteiger partial charge in [0.05, 0.1) is 6.61 Å². The number of ketones is 1. The summed E-state index contributed by atoms with van der Waals surface area (Å²) in [5.74, 6) is -1.31. The highest BCUT2D eigenvalue weighted by Gasteiger charge is 2.23. The first kappa shape index (κ1) is 51.4. The van der Waals surface area contributed by atoms with Gasteiger partial charge in [-0.25, -0.2) is 4.57 Å². The summed E-state index contributed by atoms with van der Waals surface area (Å²) in [6.45, 7) is 3.28. The third kappa shape index (κ3) is 41.4. The molecule has 308 valence electrons. The van der Waals surface area contributed by atoms with Crippen molar-refractivity contribution in [1.29, 1.82) is 0 Å². The quantitative estimate of drug-likeness (QED) is 0.0161. The molecule has 0 unspecified atom stereocenters. The monoisotopic (exact) mass is 784 g/mol. The predicted molar refractivity (Wildman–Crippen MR) is 225 cm³/mol. The number of rotatable bonds is 35. The second-order valence-corrected chi connectivity index (χ2v) is 14.1. The van der Waals surface area contributed by atoms with Crippen molar-refractivity contribution in [3.8, 4) is 0 Å². The number of ether oxygens (including phenoxy) is 2. The molecule has 0 saturated carbocycles. The van der Waals surface area contributed by atoms with E-state index in [0.29, 0.717) is 6.42 Å². The molecule has 0 aromatic carbocycles. The number of allylic oxidation sites excluding steroid dienone is 18. The molecular formula is C45H69O9P. The van der Waals surface area contributed by atoms with Crippen LogP contribution in [-0.4, -0.2) is 46.8 Å². The zero-order valence-electron chi connectivity index (χ0n) is 33.5. The summed E-state index contributed by atoms with van der Waals surface area (Å²) in [4.78, 5) is 54.9. The minimum atomic E-state index is -4.83. The summed E-state index contributed by atoms with van der Waals surface area (Å²) in [6.07, 6.45) is 51.0. The molecule has 0 bridgehead atoms. The SMILES string of the molecule is CC/C=C\C/C=C\C/C=C\C/C=C\C/C=C\CCCCCC(=O)O[C@H](COC(=O)CCCC(=O)/C=C/C=C\C/C=C\C/C=C\CCCCC)COP(=O)(O)O. The fourth-order valence-corrected chi connectivity index (χ4v) is 5.12. The van der Waals surface area contributed by atoms with Crippen molar-refractivity contribution >= 4 is 25.5 Å². The Morgan fingerprint density at radius 3 is 1.60 bits per heavy atom. The molecule has 2 N–H and O–H groups in total. The highest BCUT2D eigenvalue weighted by molar-refractivity contribution is 7.46. The van der Waals surface area contributed by atoms with Crippen LogP contribution in [0.2, 0.25) is 0 Å². The van der Waals surface area contributed by atoms with Crippen molar-refractivity contribution in [3.63, 3.8) is 0 Å². The topological polar surface area (TPSA) is 136 Å². The van der Waals surface area contributed by atoms with Gasteiger partial charge in [-0.15, -0.1) is 0 Å². The Hall–Kier alpha value is -3.62. The van der Waals surface area contributed by atoms with Gasteiger partial charge in [-0.05, 0) is 89.5 Å². The van der Waals surface area contributed by atoms with Crippen molar-refractivity contribution in [2.24, 2.45) is 0 Å². The van der Waals surface area contributed by atoms with Crippen LogP contribution in [0.3, 0.4) is 0 Å². The van der Waals surface area contributed by atoms with Gasteiger partial charge in [0.25, 0.3) is 0 Å². The summed E-state index contributed by atoms with van der Waals surface area (Å²) in [6, 6.07) is 0. The summed E-state index contributed by atoms with van der Waals surface area (Å²) in [5.41, 5.74) is 0. The number of unbranched alkanes of at least 4 members (excludes halogenated alkanes) is 6. The molecule has 0 aromatic rings. The van der Waals surface area contributed by atoms with Crippen LogP contribution in [0.25, 0.3) is 0 Å². The Bertz CT molecular complexity index is 1310.